The fourth-order valence-corrected chi connectivity index (χ4v) is 1.41. The molecule has 15 heavy (non-hydrogen) atoms. The maximum Gasteiger partial charge on any atom is 0.166 e. The molecule has 0 unspecified atom stereocenters. The third-order valence-electron chi connectivity index (χ3n) is 2.16. The van der Waals surface area contributed by atoms with E-state index < -0.39 is 0 Å². The quantitative estimate of drug-likeness (QED) is 0.405. The van der Waals surface area contributed by atoms with Gasteiger partial charge in [-0.25, -0.2) is 0 Å². The smallest absolute Gasteiger partial charge is 0.166 e. The first-order valence-corrected chi connectivity index (χ1v) is 4.99. The van der Waals surface area contributed by atoms with Crippen LogP contribution in [-0.4, -0.2) is 15.6 Å². The number of rotatable bonds is 6. The molecule has 0 N–H and O–H groups in total. The highest BCUT2D eigenvalue weighted by Gasteiger charge is 2.12. The van der Waals surface area contributed by atoms with Gasteiger partial charge in [0.15, 0.2) is 5.78 Å². The molecule has 3 heteroatoms. The molecule has 80 valence electrons. The van der Waals surface area contributed by atoms with E-state index in [2.05, 4.69) is 18.3 Å². The monoisotopic (exact) mass is 204 g/mol. The van der Waals surface area contributed by atoms with Crippen molar-refractivity contribution in [2.24, 2.45) is 7.05 Å². The predicted octanol–water partition coefficient (Wildman–Crippen LogP) is 2.60. The van der Waals surface area contributed by atoms with Crippen LogP contribution in [0.5, 0.6) is 0 Å². The lowest BCUT2D eigenvalue weighted by Crippen LogP contribution is -1.99. The van der Waals surface area contributed by atoms with Crippen LogP contribution in [0.3, 0.4) is 0 Å². The average Bonchev–Trinajstić information content (AvgIpc) is 2.60. The molecule has 0 saturated carbocycles. The largest absolute Gasteiger partial charge is 0.294 e. The van der Waals surface area contributed by atoms with Gasteiger partial charge in [-0.1, -0.05) is 12.7 Å². The minimum absolute atomic E-state index is 0.125. The summed E-state index contributed by atoms with van der Waals surface area (Å²) in [7, 11) is 1.80. The Morgan fingerprint density at radius 1 is 1.60 bits per heavy atom. The van der Waals surface area contributed by atoms with Crippen LogP contribution in [0.1, 0.15) is 35.3 Å². The van der Waals surface area contributed by atoms with Gasteiger partial charge in [0.1, 0.15) is 0 Å². The van der Waals surface area contributed by atoms with Gasteiger partial charge in [-0.2, -0.15) is 5.10 Å². The molecular formula is C12H16N2O. The van der Waals surface area contributed by atoms with Crippen LogP contribution in [0.25, 0.3) is 6.08 Å². The molecule has 0 amide bonds. The van der Waals surface area contributed by atoms with Crippen molar-refractivity contribution in [2.45, 2.75) is 19.3 Å². The standard InChI is InChI=1S/C12H16N2O/c1-4-6-7-8-12(15)10-9-14(3)13-11(10)5-2/h4-5,9H,1-2,6-8H2,3H3. The van der Waals surface area contributed by atoms with Gasteiger partial charge in [-0.3, -0.25) is 9.48 Å². The van der Waals surface area contributed by atoms with Crippen LogP contribution in [0.4, 0.5) is 0 Å². The molecule has 0 radical (unpaired) electrons. The number of nitrogens with zero attached hydrogens (tertiary/aromatic N) is 2. The number of Topliss-reactive ketones (excluding diaryl/α,β-unsaturated/α-hetero) is 1. The minimum atomic E-state index is 0.125. The van der Waals surface area contributed by atoms with Gasteiger partial charge in [0.25, 0.3) is 0 Å². The van der Waals surface area contributed by atoms with E-state index in [1.54, 1.807) is 24.0 Å². The summed E-state index contributed by atoms with van der Waals surface area (Å²) in [6, 6.07) is 0. The number of carbonyl (C=O) groups excluding carboxylic acids is 1. The second-order valence-corrected chi connectivity index (χ2v) is 3.41. The zero-order chi connectivity index (χ0) is 11.3. The van der Waals surface area contributed by atoms with E-state index in [1.807, 2.05) is 6.08 Å². The van der Waals surface area contributed by atoms with E-state index in [-0.39, 0.29) is 5.78 Å². The van der Waals surface area contributed by atoms with E-state index in [9.17, 15) is 4.79 Å². The van der Waals surface area contributed by atoms with Crippen molar-refractivity contribution in [3.05, 3.63) is 36.7 Å². The zero-order valence-corrected chi connectivity index (χ0v) is 9.07. The topological polar surface area (TPSA) is 34.9 Å². The van der Waals surface area contributed by atoms with E-state index in [4.69, 9.17) is 0 Å². The lowest BCUT2D eigenvalue weighted by atomic mass is 10.1. The first-order valence-electron chi connectivity index (χ1n) is 4.99. The molecule has 0 bridgehead atoms. The lowest BCUT2D eigenvalue weighted by Gasteiger charge is -1.96. The van der Waals surface area contributed by atoms with Crippen molar-refractivity contribution in [2.75, 3.05) is 0 Å². The minimum Gasteiger partial charge on any atom is -0.294 e. The van der Waals surface area contributed by atoms with Crippen molar-refractivity contribution < 1.29 is 4.79 Å². The molecule has 0 fully saturated rings. The van der Waals surface area contributed by atoms with E-state index >= 15 is 0 Å². The lowest BCUT2D eigenvalue weighted by molar-refractivity contribution is 0.0980. The van der Waals surface area contributed by atoms with Gasteiger partial charge in [0, 0.05) is 19.7 Å². The normalized spacial score (nSPS) is 9.93. The van der Waals surface area contributed by atoms with Crippen molar-refractivity contribution >= 4 is 11.9 Å². The Kier molecular flexibility index (Phi) is 4.03. The number of unbranched alkanes of at least 4 members (excludes halogenated alkanes) is 1. The summed E-state index contributed by atoms with van der Waals surface area (Å²) < 4.78 is 1.64. The Labute approximate surface area is 90.1 Å². The van der Waals surface area contributed by atoms with Crippen molar-refractivity contribution in [1.82, 2.24) is 9.78 Å². The highest BCUT2D eigenvalue weighted by atomic mass is 16.1. The summed E-state index contributed by atoms with van der Waals surface area (Å²) in [4.78, 5) is 11.8. The highest BCUT2D eigenvalue weighted by Crippen LogP contribution is 2.12. The summed E-state index contributed by atoms with van der Waals surface area (Å²) in [5.74, 6) is 0.125. The SMILES string of the molecule is C=CCCCC(=O)c1cn(C)nc1C=C. The van der Waals surface area contributed by atoms with Gasteiger partial charge in [0.05, 0.1) is 11.3 Å². The summed E-state index contributed by atoms with van der Waals surface area (Å²) in [5.41, 5.74) is 1.33. The third kappa shape index (κ3) is 2.91. The van der Waals surface area contributed by atoms with E-state index in [0.717, 1.165) is 12.8 Å². The number of aromatic nitrogens is 2. The van der Waals surface area contributed by atoms with Crippen LogP contribution >= 0.6 is 0 Å². The number of aryl methyl sites for hydroxylation is 1. The zero-order valence-electron chi connectivity index (χ0n) is 9.07. The second-order valence-electron chi connectivity index (χ2n) is 3.41. The van der Waals surface area contributed by atoms with E-state index in [0.29, 0.717) is 17.7 Å². The Morgan fingerprint density at radius 3 is 2.93 bits per heavy atom. The Hall–Kier alpha value is -1.64. The first kappa shape index (κ1) is 11.4. The average molecular weight is 204 g/mol. The van der Waals surface area contributed by atoms with Crippen LogP contribution in [0.2, 0.25) is 0 Å². The molecule has 1 rings (SSSR count). The number of hydrogen-bond acceptors (Lipinski definition) is 2. The number of allylic oxidation sites excluding steroid dienone is 1. The van der Waals surface area contributed by atoms with E-state index in [1.165, 1.54) is 0 Å². The number of ketones is 1. The molecular weight excluding hydrogens is 188 g/mol. The maximum absolute atomic E-state index is 11.8. The van der Waals surface area contributed by atoms with Gasteiger partial charge < -0.3 is 0 Å². The Balaban J connectivity index is 2.72. The van der Waals surface area contributed by atoms with Crippen LogP contribution < -0.4 is 0 Å². The molecule has 1 aromatic rings. The number of hydrogen-bond donors (Lipinski definition) is 0. The highest BCUT2D eigenvalue weighted by molar-refractivity contribution is 5.98. The maximum atomic E-state index is 11.8. The Bertz CT molecular complexity index is 377. The van der Waals surface area contributed by atoms with Crippen molar-refractivity contribution in [1.29, 1.82) is 0 Å². The van der Waals surface area contributed by atoms with Crippen LogP contribution in [-0.2, 0) is 7.05 Å². The fourth-order valence-electron chi connectivity index (χ4n) is 1.41. The summed E-state index contributed by atoms with van der Waals surface area (Å²) in [6.07, 6.45) is 7.43. The molecule has 0 spiro atoms. The second kappa shape index (κ2) is 5.29. The number of carbonyl (C=O) groups is 1. The summed E-state index contributed by atoms with van der Waals surface area (Å²) in [5, 5.41) is 4.14. The first-order chi connectivity index (χ1) is 7.19. The molecule has 0 aliphatic heterocycles. The summed E-state index contributed by atoms with van der Waals surface area (Å²) in [6.45, 7) is 7.26. The van der Waals surface area contributed by atoms with Crippen LogP contribution in [0, 0.1) is 0 Å². The molecule has 0 aliphatic rings. The van der Waals surface area contributed by atoms with Crippen LogP contribution in [0.15, 0.2) is 25.4 Å². The molecule has 0 atom stereocenters. The molecule has 0 saturated heterocycles. The third-order valence-corrected chi connectivity index (χ3v) is 2.16. The van der Waals surface area contributed by atoms with Gasteiger partial charge in [0.2, 0.25) is 0 Å². The summed E-state index contributed by atoms with van der Waals surface area (Å²) >= 11 is 0. The molecule has 1 aromatic heterocycles. The van der Waals surface area contributed by atoms with Gasteiger partial charge >= 0.3 is 0 Å². The van der Waals surface area contributed by atoms with Gasteiger partial charge in [-0.05, 0) is 18.9 Å². The van der Waals surface area contributed by atoms with Crippen molar-refractivity contribution in [3.8, 4) is 0 Å². The predicted molar refractivity (Wildman–Crippen MR) is 61.7 cm³/mol. The molecule has 1 heterocycles. The molecule has 3 nitrogen and oxygen atoms in total. The Morgan fingerprint density at radius 2 is 2.33 bits per heavy atom. The van der Waals surface area contributed by atoms with Gasteiger partial charge in [-0.15, -0.1) is 6.58 Å². The molecule has 0 aromatic carbocycles. The molecule has 0 aliphatic carbocycles. The fraction of sp³-hybridized carbons (Fsp3) is 0.333. The van der Waals surface area contributed by atoms with Crippen molar-refractivity contribution in [3.63, 3.8) is 0 Å².